The highest BCUT2D eigenvalue weighted by Gasteiger charge is 2.14. The van der Waals surface area contributed by atoms with Crippen molar-refractivity contribution in [3.05, 3.63) is 82.4 Å². The summed E-state index contributed by atoms with van der Waals surface area (Å²) in [5.41, 5.74) is 5.49. The van der Waals surface area contributed by atoms with Crippen LogP contribution in [0.5, 0.6) is 0 Å². The highest BCUT2D eigenvalue weighted by Crippen LogP contribution is 2.24. The lowest BCUT2D eigenvalue weighted by atomic mass is 9.89. The maximum atomic E-state index is 4.84. The summed E-state index contributed by atoms with van der Waals surface area (Å²) in [7, 11) is 1.98. The van der Waals surface area contributed by atoms with Gasteiger partial charge in [0.25, 0.3) is 0 Å². The number of guanidine groups is 1. The Labute approximate surface area is 184 Å². The fraction of sp³-hybridized carbons (Fsp3) is 0.400. The van der Waals surface area contributed by atoms with Crippen LogP contribution in [0, 0.1) is 6.92 Å². The van der Waals surface area contributed by atoms with E-state index < -0.39 is 0 Å². The normalized spacial score (nSPS) is 14.7. The zero-order chi connectivity index (χ0) is 21.6. The number of aliphatic imine (C=N–C) groups is 1. The number of rotatable bonds is 6. The third-order valence-corrected chi connectivity index (χ3v) is 6.09. The van der Waals surface area contributed by atoms with Crippen LogP contribution in [0.4, 0.5) is 0 Å². The first-order valence-corrected chi connectivity index (χ1v) is 11.2. The van der Waals surface area contributed by atoms with E-state index in [1.807, 2.05) is 36.7 Å². The molecule has 0 saturated heterocycles. The Balaban J connectivity index is 1.49. The second-order valence-electron chi connectivity index (χ2n) is 8.33. The molecule has 0 fully saturated rings. The summed E-state index contributed by atoms with van der Waals surface area (Å²) in [6, 6.07) is 17.4. The third kappa shape index (κ3) is 5.32. The molecule has 2 N–H and O–H groups in total. The van der Waals surface area contributed by atoms with Crippen LogP contribution in [0.1, 0.15) is 59.7 Å². The molecule has 31 heavy (non-hydrogen) atoms. The smallest absolute Gasteiger partial charge is 0.192 e. The van der Waals surface area contributed by atoms with Gasteiger partial charge in [-0.05, 0) is 61.8 Å². The van der Waals surface area contributed by atoms with Gasteiger partial charge in [-0.15, -0.1) is 10.2 Å². The van der Waals surface area contributed by atoms with Crippen molar-refractivity contribution in [2.75, 3.05) is 0 Å². The number of aromatic nitrogens is 3. The lowest BCUT2D eigenvalue weighted by Crippen LogP contribution is -2.39. The lowest BCUT2D eigenvalue weighted by molar-refractivity contribution is 0.655. The quantitative estimate of drug-likeness (QED) is 0.471. The van der Waals surface area contributed by atoms with Gasteiger partial charge < -0.3 is 15.2 Å². The van der Waals surface area contributed by atoms with Crippen LogP contribution >= 0.6 is 0 Å². The number of fused-ring (bicyclic) bond motifs is 1. The summed E-state index contributed by atoms with van der Waals surface area (Å²) in [6.45, 7) is 5.33. The summed E-state index contributed by atoms with van der Waals surface area (Å²) < 4.78 is 1.99. The molecule has 0 aliphatic heterocycles. The average molecular weight is 417 g/mol. The number of nitrogens with zero attached hydrogens (tertiary/aromatic N) is 4. The zero-order valence-corrected chi connectivity index (χ0v) is 18.7. The highest BCUT2D eigenvalue weighted by molar-refractivity contribution is 5.80. The fourth-order valence-corrected chi connectivity index (χ4v) is 3.99. The fourth-order valence-electron chi connectivity index (χ4n) is 3.99. The van der Waals surface area contributed by atoms with Crippen molar-refractivity contribution in [1.82, 2.24) is 25.4 Å². The number of hydrogen-bond acceptors (Lipinski definition) is 3. The Bertz CT molecular complexity index is 1040. The van der Waals surface area contributed by atoms with E-state index in [0.717, 1.165) is 17.6 Å². The molecular weight excluding hydrogens is 384 g/mol. The summed E-state index contributed by atoms with van der Waals surface area (Å²) in [6.07, 6.45) is 5.00. The summed E-state index contributed by atoms with van der Waals surface area (Å²) in [5.74, 6) is 2.55. The minimum Gasteiger partial charge on any atom is -0.350 e. The summed E-state index contributed by atoms with van der Waals surface area (Å²) in [5, 5.41) is 15.4. The van der Waals surface area contributed by atoms with Crippen molar-refractivity contribution in [2.24, 2.45) is 12.0 Å². The van der Waals surface area contributed by atoms with Gasteiger partial charge >= 0.3 is 0 Å². The summed E-state index contributed by atoms with van der Waals surface area (Å²) in [4.78, 5) is 4.84. The number of aryl methyl sites for hydroxylation is 3. The minimum atomic E-state index is 0.149. The standard InChI is InChI=1S/C25H32N6/c1-18(22-14-13-21-11-7-8-12-23(21)15-22)28-25(26-16-20-9-5-4-6-10-20)27-17-24-30-29-19(2)31(24)3/h4-6,9-10,13-15,18H,7-8,11-12,16-17H2,1-3H3,(H2,26,27,28). The van der Waals surface area contributed by atoms with Gasteiger partial charge in [-0.3, -0.25) is 0 Å². The van der Waals surface area contributed by atoms with Crippen LogP contribution in [-0.2, 0) is 33.0 Å². The average Bonchev–Trinajstić information content (AvgIpc) is 3.13. The number of nitrogens with one attached hydrogen (secondary N) is 2. The van der Waals surface area contributed by atoms with Crippen LogP contribution in [0.15, 0.2) is 53.5 Å². The van der Waals surface area contributed by atoms with Crippen molar-refractivity contribution >= 4 is 5.96 Å². The molecule has 1 unspecified atom stereocenters. The SMILES string of the molecule is Cc1nnc(CNC(=NCc2ccccc2)NC(C)c2ccc3c(c2)CCCC3)n1C. The summed E-state index contributed by atoms with van der Waals surface area (Å²) >= 11 is 0. The van der Waals surface area contributed by atoms with Gasteiger partial charge in [0.1, 0.15) is 5.82 Å². The van der Waals surface area contributed by atoms with E-state index in [4.69, 9.17) is 4.99 Å². The molecule has 0 bridgehead atoms. The Hall–Kier alpha value is -3.15. The molecule has 2 aromatic carbocycles. The van der Waals surface area contributed by atoms with E-state index in [2.05, 4.69) is 58.1 Å². The van der Waals surface area contributed by atoms with Gasteiger partial charge in [0, 0.05) is 7.05 Å². The Kier molecular flexibility index (Phi) is 6.65. The van der Waals surface area contributed by atoms with Crippen molar-refractivity contribution in [3.63, 3.8) is 0 Å². The molecular formula is C25H32N6. The molecule has 0 saturated carbocycles. The maximum absolute atomic E-state index is 4.84. The van der Waals surface area contributed by atoms with Crippen LogP contribution in [0.2, 0.25) is 0 Å². The largest absolute Gasteiger partial charge is 0.350 e. The molecule has 162 valence electrons. The molecule has 0 amide bonds. The molecule has 4 rings (SSSR count). The van der Waals surface area contributed by atoms with Gasteiger partial charge in [-0.1, -0.05) is 48.5 Å². The molecule has 3 aromatic rings. The van der Waals surface area contributed by atoms with Crippen molar-refractivity contribution < 1.29 is 0 Å². The van der Waals surface area contributed by atoms with E-state index in [1.165, 1.54) is 47.9 Å². The van der Waals surface area contributed by atoms with Gasteiger partial charge in [0.15, 0.2) is 11.8 Å². The number of hydrogen-bond donors (Lipinski definition) is 2. The second-order valence-corrected chi connectivity index (χ2v) is 8.33. The molecule has 1 aliphatic rings. The monoisotopic (exact) mass is 416 g/mol. The molecule has 6 heteroatoms. The predicted molar refractivity (Wildman–Crippen MR) is 125 cm³/mol. The second kappa shape index (κ2) is 9.77. The van der Waals surface area contributed by atoms with Gasteiger partial charge in [-0.25, -0.2) is 4.99 Å². The molecule has 1 heterocycles. The first-order chi connectivity index (χ1) is 15.1. The number of benzene rings is 2. The molecule has 1 aromatic heterocycles. The van der Waals surface area contributed by atoms with E-state index in [0.29, 0.717) is 13.1 Å². The molecule has 1 aliphatic carbocycles. The van der Waals surface area contributed by atoms with Crippen LogP contribution in [-0.4, -0.2) is 20.7 Å². The first kappa shape index (κ1) is 21.1. The van der Waals surface area contributed by atoms with Gasteiger partial charge in [0.05, 0.1) is 19.1 Å². The minimum absolute atomic E-state index is 0.149. The van der Waals surface area contributed by atoms with E-state index in [9.17, 15) is 0 Å². The first-order valence-electron chi connectivity index (χ1n) is 11.2. The highest BCUT2D eigenvalue weighted by atomic mass is 15.3. The van der Waals surface area contributed by atoms with Crippen LogP contribution < -0.4 is 10.6 Å². The molecule has 6 nitrogen and oxygen atoms in total. The van der Waals surface area contributed by atoms with Crippen molar-refractivity contribution in [1.29, 1.82) is 0 Å². The Morgan fingerprint density at radius 1 is 1.06 bits per heavy atom. The van der Waals surface area contributed by atoms with E-state index in [-0.39, 0.29) is 6.04 Å². The third-order valence-electron chi connectivity index (χ3n) is 6.09. The zero-order valence-electron chi connectivity index (χ0n) is 18.7. The topological polar surface area (TPSA) is 67.1 Å². The van der Waals surface area contributed by atoms with Gasteiger partial charge in [-0.2, -0.15) is 0 Å². The molecule has 0 radical (unpaired) electrons. The lowest BCUT2D eigenvalue weighted by Gasteiger charge is -2.22. The van der Waals surface area contributed by atoms with Crippen molar-refractivity contribution in [2.45, 2.75) is 58.7 Å². The van der Waals surface area contributed by atoms with Gasteiger partial charge in [0.2, 0.25) is 0 Å². The Morgan fingerprint density at radius 2 is 1.84 bits per heavy atom. The van der Waals surface area contributed by atoms with Crippen LogP contribution in [0.3, 0.4) is 0 Å². The van der Waals surface area contributed by atoms with E-state index in [1.54, 1.807) is 0 Å². The van der Waals surface area contributed by atoms with Crippen molar-refractivity contribution in [3.8, 4) is 0 Å². The predicted octanol–water partition coefficient (Wildman–Crippen LogP) is 4.00. The van der Waals surface area contributed by atoms with Crippen LogP contribution in [0.25, 0.3) is 0 Å². The molecule has 1 atom stereocenters. The maximum Gasteiger partial charge on any atom is 0.192 e. The van der Waals surface area contributed by atoms with E-state index >= 15 is 0 Å². The molecule has 0 spiro atoms. The Morgan fingerprint density at radius 3 is 2.58 bits per heavy atom.